The summed E-state index contributed by atoms with van der Waals surface area (Å²) in [6.45, 7) is 2.07. The van der Waals surface area contributed by atoms with Crippen molar-refractivity contribution in [1.29, 1.82) is 0 Å². The van der Waals surface area contributed by atoms with Gasteiger partial charge in [0, 0.05) is 0 Å². The van der Waals surface area contributed by atoms with Gasteiger partial charge < -0.3 is 0 Å². The van der Waals surface area contributed by atoms with Gasteiger partial charge in [-0.3, -0.25) is 0 Å². The number of alkyl halides is 1. The van der Waals surface area contributed by atoms with E-state index in [1.807, 2.05) is 0 Å². The molecule has 0 N–H and O–H groups in total. The van der Waals surface area contributed by atoms with Crippen LogP contribution in [-0.2, 0) is 0 Å². The monoisotopic (exact) mass is 190 g/mol. The molecule has 0 saturated carbocycles. The van der Waals surface area contributed by atoms with E-state index in [2.05, 4.69) is 6.92 Å². The SMILES string of the molecule is CCCC(Cl)[SiH](Cl)Cl. The van der Waals surface area contributed by atoms with E-state index in [1.54, 1.807) is 0 Å². The van der Waals surface area contributed by atoms with Crippen molar-refractivity contribution in [3.8, 4) is 0 Å². The van der Waals surface area contributed by atoms with Crippen molar-refractivity contribution in [2.75, 3.05) is 0 Å². The number of hydrogen-bond acceptors (Lipinski definition) is 0. The van der Waals surface area contributed by atoms with Crippen LogP contribution in [0, 0.1) is 0 Å². The fourth-order valence-corrected chi connectivity index (χ4v) is 1.96. The van der Waals surface area contributed by atoms with Gasteiger partial charge in [0.25, 0.3) is 7.42 Å². The van der Waals surface area contributed by atoms with Crippen molar-refractivity contribution in [1.82, 2.24) is 0 Å². The quantitative estimate of drug-likeness (QED) is 0.366. The summed E-state index contributed by atoms with van der Waals surface area (Å²) in [4.78, 5) is 0. The van der Waals surface area contributed by atoms with E-state index < -0.39 is 7.42 Å². The zero-order chi connectivity index (χ0) is 6.57. The molecule has 1 unspecified atom stereocenters. The molecular weight excluding hydrogens is 182 g/mol. The van der Waals surface area contributed by atoms with Crippen molar-refractivity contribution in [2.24, 2.45) is 0 Å². The first-order valence-electron chi connectivity index (χ1n) is 2.60. The third-order valence-electron chi connectivity index (χ3n) is 0.838. The predicted molar refractivity (Wildman–Crippen MR) is 43.4 cm³/mol. The minimum Gasteiger partial charge on any atom is -0.149 e. The lowest BCUT2D eigenvalue weighted by Crippen LogP contribution is -2.12. The summed E-state index contributed by atoms with van der Waals surface area (Å²) in [6.07, 6.45) is 2.02. The first-order chi connectivity index (χ1) is 3.68. The van der Waals surface area contributed by atoms with Crippen molar-refractivity contribution in [3.05, 3.63) is 0 Å². The molecule has 0 aromatic heterocycles. The molecule has 8 heavy (non-hydrogen) atoms. The number of rotatable bonds is 3. The van der Waals surface area contributed by atoms with E-state index >= 15 is 0 Å². The van der Waals surface area contributed by atoms with Gasteiger partial charge in [-0.1, -0.05) is 13.3 Å². The molecule has 0 aliphatic rings. The van der Waals surface area contributed by atoms with Crippen LogP contribution in [0.1, 0.15) is 19.8 Å². The summed E-state index contributed by atoms with van der Waals surface area (Å²) in [6, 6.07) is 0. The highest BCUT2D eigenvalue weighted by atomic mass is 35.7. The molecule has 0 aliphatic heterocycles. The molecule has 0 spiro atoms. The van der Waals surface area contributed by atoms with Gasteiger partial charge in [-0.25, -0.2) is 0 Å². The lowest BCUT2D eigenvalue weighted by molar-refractivity contribution is 0.856. The highest BCUT2D eigenvalue weighted by Gasteiger charge is 2.13. The molecule has 0 bridgehead atoms. The van der Waals surface area contributed by atoms with Crippen LogP contribution >= 0.6 is 33.8 Å². The molecule has 0 rings (SSSR count). The minimum absolute atomic E-state index is 0.0586. The van der Waals surface area contributed by atoms with Crippen LogP contribution in [0.25, 0.3) is 0 Å². The van der Waals surface area contributed by atoms with Crippen LogP contribution in [-0.4, -0.2) is 12.4 Å². The Morgan fingerprint density at radius 2 is 2.00 bits per heavy atom. The molecule has 0 saturated heterocycles. The summed E-state index contributed by atoms with van der Waals surface area (Å²) < 4.78 is 0. The summed E-state index contributed by atoms with van der Waals surface area (Å²) in [5, 5.41) is 0.0586. The fourth-order valence-electron chi connectivity index (χ4n) is 0.402. The van der Waals surface area contributed by atoms with Crippen LogP contribution in [0.3, 0.4) is 0 Å². The molecular formula is C4H9Cl3Si. The average Bonchev–Trinajstić information content (AvgIpc) is 1.67. The van der Waals surface area contributed by atoms with Crippen molar-refractivity contribution in [2.45, 2.75) is 24.8 Å². The Morgan fingerprint density at radius 3 is 2.12 bits per heavy atom. The maximum Gasteiger partial charge on any atom is 0.254 e. The van der Waals surface area contributed by atoms with Crippen LogP contribution in [0.15, 0.2) is 0 Å². The number of halogens is 3. The van der Waals surface area contributed by atoms with Gasteiger partial charge in [0.2, 0.25) is 0 Å². The van der Waals surface area contributed by atoms with Gasteiger partial charge in [0.1, 0.15) is 0 Å². The van der Waals surface area contributed by atoms with Gasteiger partial charge >= 0.3 is 0 Å². The molecule has 0 nitrogen and oxygen atoms in total. The maximum absolute atomic E-state index is 5.71. The lowest BCUT2D eigenvalue weighted by atomic mass is 10.4. The van der Waals surface area contributed by atoms with E-state index in [0.29, 0.717) is 0 Å². The van der Waals surface area contributed by atoms with Crippen molar-refractivity contribution >= 4 is 41.2 Å². The molecule has 0 fully saturated rings. The molecule has 1 atom stereocenters. The molecule has 0 aromatic carbocycles. The molecule has 0 radical (unpaired) electrons. The second-order valence-electron chi connectivity index (χ2n) is 1.64. The molecule has 0 aromatic rings. The van der Waals surface area contributed by atoms with Gasteiger partial charge in [0.15, 0.2) is 0 Å². The van der Waals surface area contributed by atoms with E-state index in [9.17, 15) is 0 Å². The van der Waals surface area contributed by atoms with Crippen LogP contribution in [0.5, 0.6) is 0 Å². The number of hydrogen-bond donors (Lipinski definition) is 0. The molecule has 4 heteroatoms. The summed E-state index contributed by atoms with van der Waals surface area (Å²) >= 11 is 16.9. The predicted octanol–water partition coefficient (Wildman–Crippen LogP) is 2.63. The molecule has 0 heterocycles. The second kappa shape index (κ2) is 4.92. The van der Waals surface area contributed by atoms with E-state index in [1.165, 1.54) is 0 Å². The Hall–Kier alpha value is 1.09. The highest BCUT2D eigenvalue weighted by Crippen LogP contribution is 2.14. The smallest absolute Gasteiger partial charge is 0.149 e. The van der Waals surface area contributed by atoms with Crippen LogP contribution in [0.4, 0.5) is 0 Å². The minimum atomic E-state index is -1.57. The first kappa shape index (κ1) is 9.09. The van der Waals surface area contributed by atoms with Gasteiger partial charge in [0.05, 0.1) is 5.00 Å². The van der Waals surface area contributed by atoms with Gasteiger partial charge in [-0.2, -0.15) is 0 Å². The summed E-state index contributed by atoms with van der Waals surface area (Å²) in [5.74, 6) is 0. The zero-order valence-corrected chi connectivity index (χ0v) is 8.13. The van der Waals surface area contributed by atoms with E-state index in [0.717, 1.165) is 12.8 Å². The second-order valence-corrected chi connectivity index (χ2v) is 7.59. The van der Waals surface area contributed by atoms with Gasteiger partial charge in [-0.05, 0) is 6.42 Å². The third-order valence-corrected chi connectivity index (χ3v) is 5.29. The Labute approximate surface area is 66.1 Å². The van der Waals surface area contributed by atoms with Crippen LogP contribution in [0.2, 0.25) is 0 Å². The maximum atomic E-state index is 5.71. The average molecular weight is 192 g/mol. The van der Waals surface area contributed by atoms with Crippen LogP contribution < -0.4 is 0 Å². The van der Waals surface area contributed by atoms with Crippen molar-refractivity contribution < 1.29 is 0 Å². The first-order valence-corrected chi connectivity index (χ1v) is 7.20. The molecule has 0 aliphatic carbocycles. The normalized spacial score (nSPS) is 14.6. The highest BCUT2D eigenvalue weighted by molar-refractivity contribution is 7.36. The largest absolute Gasteiger partial charge is 0.254 e. The topological polar surface area (TPSA) is 0 Å². The Morgan fingerprint density at radius 1 is 1.50 bits per heavy atom. The fraction of sp³-hybridized carbons (Fsp3) is 1.00. The summed E-state index contributed by atoms with van der Waals surface area (Å²) in [5.41, 5.74) is 0. The standard InChI is InChI=1S/C4H9Cl3Si/c1-2-3-4(5)8(6)7/h4,8H,2-3H2,1H3. The van der Waals surface area contributed by atoms with E-state index in [4.69, 9.17) is 33.8 Å². The van der Waals surface area contributed by atoms with E-state index in [-0.39, 0.29) is 5.00 Å². The van der Waals surface area contributed by atoms with Gasteiger partial charge in [-0.15, -0.1) is 33.8 Å². The lowest BCUT2D eigenvalue weighted by Gasteiger charge is -2.04. The molecule has 50 valence electrons. The Kier molecular flexibility index (Phi) is 5.59. The Balaban J connectivity index is 3.17. The third kappa shape index (κ3) is 4.01. The van der Waals surface area contributed by atoms with Crippen molar-refractivity contribution in [3.63, 3.8) is 0 Å². The Bertz CT molecular complexity index is 57.2. The molecule has 0 amide bonds. The zero-order valence-electron chi connectivity index (χ0n) is 4.70. The summed E-state index contributed by atoms with van der Waals surface area (Å²) in [7, 11) is -1.57.